The number of amides is 2. The van der Waals surface area contributed by atoms with Gasteiger partial charge in [0.15, 0.2) is 0 Å². The number of anilines is 2. The summed E-state index contributed by atoms with van der Waals surface area (Å²) < 4.78 is 5.99. The van der Waals surface area contributed by atoms with Crippen molar-refractivity contribution in [3.63, 3.8) is 0 Å². The largest absolute Gasteiger partial charge is 0.493 e. The Morgan fingerprint density at radius 1 is 1.00 bits per heavy atom. The van der Waals surface area contributed by atoms with Crippen molar-refractivity contribution in [2.45, 2.75) is 38.7 Å². The molecule has 5 rings (SSSR count). The molecule has 1 saturated heterocycles. The maximum absolute atomic E-state index is 14.0. The van der Waals surface area contributed by atoms with Crippen LogP contribution < -0.4 is 14.5 Å². The molecule has 2 fully saturated rings. The quantitative estimate of drug-likeness (QED) is 0.473. The van der Waals surface area contributed by atoms with E-state index < -0.39 is 22.9 Å². The maximum atomic E-state index is 14.0. The minimum Gasteiger partial charge on any atom is -0.493 e. The number of aliphatic hydroxyl groups is 1. The summed E-state index contributed by atoms with van der Waals surface area (Å²) in [6.07, 6.45) is 1.25. The van der Waals surface area contributed by atoms with Gasteiger partial charge in [0.05, 0.1) is 41.4 Å². The summed E-state index contributed by atoms with van der Waals surface area (Å²) in [5, 5.41) is 22.8. The monoisotopic (exact) mass is 511 g/mol. The van der Waals surface area contributed by atoms with Gasteiger partial charge in [0.1, 0.15) is 5.75 Å². The van der Waals surface area contributed by atoms with Gasteiger partial charge in [-0.2, -0.15) is 5.26 Å². The van der Waals surface area contributed by atoms with E-state index in [1.165, 1.54) is 4.90 Å². The van der Waals surface area contributed by atoms with Gasteiger partial charge >= 0.3 is 0 Å². The van der Waals surface area contributed by atoms with Crippen molar-refractivity contribution in [3.8, 4) is 11.8 Å². The van der Waals surface area contributed by atoms with Crippen LogP contribution in [0.15, 0.2) is 60.7 Å². The van der Waals surface area contributed by atoms with Crippen molar-refractivity contribution < 1.29 is 19.4 Å². The molecule has 196 valence electrons. The molecule has 1 heterocycles. The number of carbonyl (C=O) groups excluding carboxylic acids is 2. The molecule has 3 atom stereocenters. The topological polar surface area (TPSA) is 93.9 Å². The lowest BCUT2D eigenvalue weighted by molar-refractivity contribution is -0.151. The molecule has 1 aliphatic carbocycles. The lowest BCUT2D eigenvalue weighted by atomic mass is 9.58. The Morgan fingerprint density at radius 3 is 2.42 bits per heavy atom. The molecule has 38 heavy (non-hydrogen) atoms. The molecule has 0 bridgehead atoms. The number of ether oxygens (including phenoxy) is 1. The fourth-order valence-electron chi connectivity index (χ4n) is 6.14. The highest BCUT2D eigenvalue weighted by molar-refractivity contribution is 6.25. The molecule has 7 heteroatoms. The van der Waals surface area contributed by atoms with Crippen LogP contribution in [0.3, 0.4) is 0 Å². The zero-order valence-corrected chi connectivity index (χ0v) is 22.3. The number of benzene rings is 3. The van der Waals surface area contributed by atoms with Gasteiger partial charge in [-0.25, -0.2) is 4.90 Å². The Balaban J connectivity index is 1.46. The van der Waals surface area contributed by atoms with E-state index in [0.29, 0.717) is 40.6 Å². The predicted molar refractivity (Wildman–Crippen MR) is 147 cm³/mol. The van der Waals surface area contributed by atoms with E-state index in [0.717, 1.165) is 5.69 Å². The Hall–Kier alpha value is -3.89. The van der Waals surface area contributed by atoms with Crippen LogP contribution in [-0.2, 0) is 9.59 Å². The van der Waals surface area contributed by atoms with Gasteiger partial charge in [-0.15, -0.1) is 0 Å². The molecular formula is C31H33N3O4. The van der Waals surface area contributed by atoms with E-state index >= 15 is 0 Å². The number of hydrogen-bond donors (Lipinski definition) is 1. The highest BCUT2D eigenvalue weighted by Crippen LogP contribution is 2.55. The number of carbonyl (C=O) groups is 2. The van der Waals surface area contributed by atoms with Gasteiger partial charge in [-0.3, -0.25) is 9.59 Å². The van der Waals surface area contributed by atoms with Crippen LogP contribution in [-0.4, -0.2) is 43.2 Å². The SMILES string of the molecule is CN(C)c1cccc(OCC[C@@]2(O)CCC(C)(C)[C@@H]3C(=O)N(c4ccc(C#N)c5ccccc45)C(=O)[C@@H]32)c1. The van der Waals surface area contributed by atoms with E-state index in [2.05, 4.69) is 6.07 Å². The second-order valence-corrected chi connectivity index (χ2v) is 11.3. The Morgan fingerprint density at radius 2 is 1.71 bits per heavy atom. The standard InChI is InChI=1S/C31H33N3O4/c1-30(2)14-15-31(37,16-17-38-22-9-7-8-21(18-22)33(3)4)27-26(30)28(35)34(29(27)36)25-13-12-20(19-32)23-10-5-6-11-24(23)25/h5-13,18,26-27,37H,14-17H2,1-4H3/t26-,27+,31-/m0/s1. The summed E-state index contributed by atoms with van der Waals surface area (Å²) in [5.74, 6) is -1.52. The number of fused-ring (bicyclic) bond motifs is 2. The van der Waals surface area contributed by atoms with Gasteiger partial charge in [0.2, 0.25) is 11.8 Å². The molecule has 0 spiro atoms. The second-order valence-electron chi connectivity index (χ2n) is 11.3. The molecule has 3 aromatic carbocycles. The van der Waals surface area contributed by atoms with Crippen LogP contribution in [0.1, 0.15) is 38.7 Å². The van der Waals surface area contributed by atoms with E-state index in [1.807, 2.05) is 81.4 Å². The number of imide groups is 1. The molecule has 3 aromatic rings. The molecule has 0 aromatic heterocycles. The summed E-state index contributed by atoms with van der Waals surface area (Å²) in [4.78, 5) is 31.2. The number of nitriles is 1. The van der Waals surface area contributed by atoms with Crippen molar-refractivity contribution in [3.05, 3.63) is 66.2 Å². The average Bonchev–Trinajstić information content (AvgIpc) is 3.18. The summed E-state index contributed by atoms with van der Waals surface area (Å²) in [6.45, 7) is 4.22. The lowest BCUT2D eigenvalue weighted by Crippen LogP contribution is -2.53. The van der Waals surface area contributed by atoms with Crippen LogP contribution in [0.2, 0.25) is 0 Å². The zero-order chi connectivity index (χ0) is 27.2. The van der Waals surface area contributed by atoms with Crippen LogP contribution >= 0.6 is 0 Å². The van der Waals surface area contributed by atoms with Gasteiger partial charge in [0, 0.05) is 43.0 Å². The van der Waals surface area contributed by atoms with Crippen LogP contribution in [0.25, 0.3) is 10.8 Å². The molecule has 1 aliphatic heterocycles. The molecule has 2 aliphatic rings. The fraction of sp³-hybridized carbons (Fsp3) is 0.387. The molecule has 0 radical (unpaired) electrons. The van der Waals surface area contributed by atoms with Crippen molar-refractivity contribution in [1.29, 1.82) is 5.26 Å². The first kappa shape index (κ1) is 25.7. The number of hydrogen-bond acceptors (Lipinski definition) is 6. The summed E-state index contributed by atoms with van der Waals surface area (Å²) in [6, 6.07) is 20.5. The second kappa shape index (κ2) is 9.45. The molecule has 1 N–H and O–H groups in total. The molecular weight excluding hydrogens is 478 g/mol. The van der Waals surface area contributed by atoms with E-state index in [9.17, 15) is 20.0 Å². The summed E-state index contributed by atoms with van der Waals surface area (Å²) in [5.41, 5.74) is 0.111. The lowest BCUT2D eigenvalue weighted by Gasteiger charge is -2.47. The Bertz CT molecular complexity index is 1460. The maximum Gasteiger partial charge on any atom is 0.240 e. The molecule has 7 nitrogen and oxygen atoms in total. The van der Waals surface area contributed by atoms with Crippen LogP contribution in [0, 0.1) is 28.6 Å². The van der Waals surface area contributed by atoms with Gasteiger partial charge < -0.3 is 14.7 Å². The van der Waals surface area contributed by atoms with Crippen LogP contribution in [0.5, 0.6) is 5.75 Å². The first-order valence-corrected chi connectivity index (χ1v) is 13.0. The minimum atomic E-state index is -1.37. The minimum absolute atomic E-state index is 0.221. The fourth-order valence-corrected chi connectivity index (χ4v) is 6.14. The highest BCUT2D eigenvalue weighted by Gasteiger charge is 2.64. The van der Waals surface area contributed by atoms with Crippen molar-refractivity contribution in [2.75, 3.05) is 30.5 Å². The van der Waals surface area contributed by atoms with Crippen molar-refractivity contribution in [1.82, 2.24) is 0 Å². The molecule has 1 saturated carbocycles. The summed E-state index contributed by atoms with van der Waals surface area (Å²) >= 11 is 0. The molecule has 0 unspecified atom stereocenters. The van der Waals surface area contributed by atoms with Crippen LogP contribution in [0.4, 0.5) is 11.4 Å². The highest BCUT2D eigenvalue weighted by atomic mass is 16.5. The molecule has 2 amide bonds. The Labute approximate surface area is 223 Å². The average molecular weight is 512 g/mol. The van der Waals surface area contributed by atoms with Gasteiger partial charge in [-0.1, -0.05) is 44.2 Å². The van der Waals surface area contributed by atoms with Gasteiger partial charge in [0.25, 0.3) is 0 Å². The van der Waals surface area contributed by atoms with E-state index in [4.69, 9.17) is 4.74 Å². The predicted octanol–water partition coefficient (Wildman–Crippen LogP) is 4.90. The number of rotatable bonds is 6. The first-order chi connectivity index (χ1) is 18.1. The third-order valence-electron chi connectivity index (χ3n) is 8.33. The zero-order valence-electron chi connectivity index (χ0n) is 22.3. The smallest absolute Gasteiger partial charge is 0.240 e. The summed E-state index contributed by atoms with van der Waals surface area (Å²) in [7, 11) is 3.91. The van der Waals surface area contributed by atoms with E-state index in [-0.39, 0.29) is 24.8 Å². The normalized spacial score (nSPS) is 24.3. The first-order valence-electron chi connectivity index (χ1n) is 13.0. The van der Waals surface area contributed by atoms with Crippen molar-refractivity contribution in [2.24, 2.45) is 17.3 Å². The Kier molecular flexibility index (Phi) is 6.40. The van der Waals surface area contributed by atoms with Crippen molar-refractivity contribution >= 4 is 34.0 Å². The van der Waals surface area contributed by atoms with Gasteiger partial charge in [-0.05, 0) is 42.5 Å². The van der Waals surface area contributed by atoms with E-state index in [1.54, 1.807) is 12.1 Å². The third kappa shape index (κ3) is 4.19. The third-order valence-corrected chi connectivity index (χ3v) is 8.33. The number of nitrogens with zero attached hydrogens (tertiary/aromatic N) is 3.